The molecule has 10 aromatic carbocycles. The Morgan fingerprint density at radius 2 is 0.909 bits per heavy atom. The summed E-state index contributed by atoms with van der Waals surface area (Å²) < 4.78 is 239. The molecule has 1 saturated carbocycles. The molecule has 0 radical (unpaired) electrons. The second-order valence-electron chi connectivity index (χ2n) is 32.2. The zero-order valence-electron chi connectivity index (χ0n) is 76.2. The first kappa shape index (κ1) is 106. The lowest BCUT2D eigenvalue weighted by Crippen LogP contribution is -2.12. The maximum absolute atomic E-state index is 14.0. The highest BCUT2D eigenvalue weighted by molar-refractivity contribution is 7.90. The summed E-state index contributed by atoms with van der Waals surface area (Å²) in [6.07, 6.45) is 1.86. The first-order chi connectivity index (χ1) is 67.5. The monoisotopic (exact) mass is 2090 g/mol. The molecule has 12 N–H and O–H groups in total. The number of oxazole rings is 1. The summed E-state index contributed by atoms with van der Waals surface area (Å²) in [7, 11) is -21.3. The molecule has 742 valence electrons. The molecule has 0 spiro atoms. The van der Waals surface area contributed by atoms with Crippen LogP contribution in [0.1, 0.15) is 95.6 Å². The van der Waals surface area contributed by atoms with Gasteiger partial charge >= 0.3 is 12.1 Å². The lowest BCUT2D eigenvalue weighted by Gasteiger charge is -2.20. The number of hydrogen-bond donors (Lipinski definition) is 6. The summed E-state index contributed by atoms with van der Waals surface area (Å²) in [6.45, 7) is 7.61. The number of primary sulfonamides is 6. The van der Waals surface area contributed by atoms with Crippen molar-refractivity contribution in [1.29, 1.82) is 0 Å². The van der Waals surface area contributed by atoms with Gasteiger partial charge in [0.2, 0.25) is 60.1 Å². The zero-order chi connectivity index (χ0) is 103. The third-order valence-electron chi connectivity index (χ3n) is 22.1. The van der Waals surface area contributed by atoms with Crippen LogP contribution in [0.2, 0.25) is 5.02 Å². The average molecular weight is 2090 g/mol. The molecule has 143 heavy (non-hydrogen) atoms. The van der Waals surface area contributed by atoms with Gasteiger partial charge in [-0.05, 0) is 214 Å². The van der Waals surface area contributed by atoms with E-state index in [2.05, 4.69) is 30.3 Å². The van der Waals surface area contributed by atoms with Gasteiger partial charge in [0.05, 0.1) is 86.8 Å². The average Bonchev–Trinajstić information content (AvgIpc) is 1.57. The van der Waals surface area contributed by atoms with Gasteiger partial charge in [-0.15, -0.1) is 0 Å². The summed E-state index contributed by atoms with van der Waals surface area (Å²) >= 11 is 6.09. The van der Waals surface area contributed by atoms with Crippen molar-refractivity contribution in [2.45, 2.75) is 108 Å². The predicted octanol–water partition coefficient (Wildman–Crippen LogP) is 18.3. The Morgan fingerprint density at radius 3 is 1.38 bits per heavy atom. The minimum Gasteiger partial charge on any atom is -0.494 e. The van der Waals surface area contributed by atoms with Crippen molar-refractivity contribution in [2.75, 3.05) is 13.7 Å². The van der Waals surface area contributed by atoms with Crippen LogP contribution in [0.25, 0.3) is 101 Å². The number of ether oxygens (including phenoxy) is 2. The van der Waals surface area contributed by atoms with Gasteiger partial charge in [0.25, 0.3) is 6.43 Å². The molecule has 1 aliphatic heterocycles. The van der Waals surface area contributed by atoms with Gasteiger partial charge in [-0.2, -0.15) is 23.4 Å². The standard InChI is InChI=1S/C17H14ClN3O2S.C17H14F3N3O3S.C17H14F3N3O2S.C16H14N2O3S.C16H20N2O3S.C16H13NO4S/c1-11-2-3-13(9-20-11)17-16(8-14(18)10-21-17)12-4-6-15(7-5-12)24(19,22)23;1-26-16-7-2-10(8-13(16)18)15-9-14(17(19)20)22-23(15)11-3-5-12(6-4-11)27(21,24)25;1-11-2-4-12(5-3-11)15-10-16(17(18,19)20)22-23(15)13-6-8-14(9-7-13)26(21,24)25;1-11-15(12-7-9-14(10-8-12)22(17,19)20)16(18-21-11)13-5-3-2-4-6-13;1-11-18-15(12-5-3-2-4-6-12)16(21-11)13-7-9-14(10-8-13)22(17,19)20;17-22(19,20)13-8-6-11(7-9-13)14-10-21-16(18)15(14)12-4-2-1-3-5-12/h2-10H,1H3,(H2,19,22,23);2-9,17H,1H3,(H2,21,24,25);2-10H,1H3,(H2,21,24,25);2-10H,1H3,(H2,17,19,20);7-10,12H,2-6H2,1H3,(H2,17,19,20);1-9H,10H2,(H2,17,19,20). The number of sulfonamides is 6. The Balaban J connectivity index is 0.000000144. The van der Waals surface area contributed by atoms with Crippen LogP contribution in [0.3, 0.4) is 0 Å². The van der Waals surface area contributed by atoms with Crippen molar-refractivity contribution < 1.29 is 100 Å². The number of aromatic nitrogens is 8. The van der Waals surface area contributed by atoms with Crippen LogP contribution in [0, 0.1) is 33.5 Å². The van der Waals surface area contributed by atoms with Crippen molar-refractivity contribution in [3.05, 3.63) is 353 Å². The first-order valence-electron chi connectivity index (χ1n) is 42.8. The molecular formula is C99H89ClF6N14O17S6. The van der Waals surface area contributed by atoms with E-state index in [-0.39, 0.29) is 64.8 Å². The molecule has 0 bridgehead atoms. The molecule has 18 rings (SSSR count). The van der Waals surface area contributed by atoms with Crippen LogP contribution < -0.4 is 35.6 Å². The molecular weight excluding hydrogens is 2000 g/mol. The largest absolute Gasteiger partial charge is 0.494 e. The number of alkyl halides is 5. The number of hydrogen-bond acceptors (Lipinski definition) is 23. The summed E-state index contributed by atoms with van der Waals surface area (Å²) in [5, 5.41) is 42.7. The van der Waals surface area contributed by atoms with Crippen LogP contribution in [0.4, 0.5) is 26.3 Å². The second-order valence-corrected chi connectivity index (χ2v) is 42.0. The van der Waals surface area contributed by atoms with Crippen LogP contribution >= 0.6 is 11.6 Å². The number of aryl methyl sites for hydroxylation is 4. The molecule has 7 heterocycles. The van der Waals surface area contributed by atoms with Crippen molar-refractivity contribution in [3.63, 3.8) is 0 Å². The van der Waals surface area contributed by atoms with Gasteiger partial charge in [-0.1, -0.05) is 163 Å². The van der Waals surface area contributed by atoms with E-state index in [0.717, 1.165) is 125 Å². The number of rotatable bonds is 20. The SMILES string of the molecule is COc1ccc(-c2cc(C(F)F)nn2-c2ccc(S(N)(=O)=O)cc2)cc1F.Cc1ccc(-c2cc(C(F)(F)F)nn2-c2ccc(S(N)(=O)=O)cc2)cc1.Cc1ccc(-c2ncc(Cl)cc2-c2ccc(S(N)(=O)=O)cc2)cn1.Cc1nc(C2CCCCC2)c(-c2ccc(S(N)(=O)=O)cc2)o1.Cc1onc(-c2ccccc2)c1-c1ccc(S(N)(=O)=O)cc1.NS(=O)(=O)c1ccc(C2=C(c3ccccc3)C(=O)OC2)cc1. The van der Waals surface area contributed by atoms with E-state index in [1.807, 2.05) is 100 Å². The summed E-state index contributed by atoms with van der Waals surface area (Å²) in [4.78, 5) is 25.3. The molecule has 0 atom stereocenters. The van der Waals surface area contributed by atoms with Gasteiger partial charge in [0, 0.05) is 69.9 Å². The molecule has 2 aliphatic rings. The molecule has 1 fully saturated rings. The lowest BCUT2D eigenvalue weighted by molar-refractivity contribution is -0.141. The molecule has 0 unspecified atom stereocenters. The number of nitrogens with zero attached hydrogens (tertiary/aromatic N) is 8. The quantitative estimate of drug-likeness (QED) is 0.0305. The van der Waals surface area contributed by atoms with Gasteiger partial charge < -0.3 is 18.4 Å². The van der Waals surface area contributed by atoms with Gasteiger partial charge in [-0.25, -0.2) is 114 Å². The Kier molecular flexibility index (Phi) is 33.0. The number of benzene rings is 10. The predicted molar refractivity (Wildman–Crippen MR) is 525 cm³/mol. The summed E-state index contributed by atoms with van der Waals surface area (Å²) in [5.74, 6) is 1.47. The third kappa shape index (κ3) is 26.9. The smallest absolute Gasteiger partial charge is 0.435 e. The fourth-order valence-corrected chi connectivity index (χ4v) is 18.3. The Bertz CT molecular complexity index is 8080. The Labute approximate surface area is 824 Å². The lowest BCUT2D eigenvalue weighted by atomic mass is 9.85. The Morgan fingerprint density at radius 1 is 0.462 bits per heavy atom. The van der Waals surface area contributed by atoms with E-state index in [9.17, 15) is 81.6 Å². The maximum atomic E-state index is 14.0. The minimum absolute atomic E-state index is 0.0106. The third-order valence-corrected chi connectivity index (χ3v) is 27.9. The molecule has 6 aromatic heterocycles. The van der Waals surface area contributed by atoms with Crippen molar-refractivity contribution in [1.82, 2.24) is 39.7 Å². The molecule has 16 aromatic rings. The Hall–Kier alpha value is -14.3. The number of halogens is 7. The van der Waals surface area contributed by atoms with Crippen molar-refractivity contribution >= 4 is 88.9 Å². The van der Waals surface area contributed by atoms with E-state index in [0.29, 0.717) is 45.0 Å². The van der Waals surface area contributed by atoms with Crippen LogP contribution in [0.5, 0.6) is 5.75 Å². The minimum atomic E-state index is -4.61. The molecule has 44 heteroatoms. The number of methoxy groups -OCH3 is 1. The number of cyclic esters (lactones) is 1. The van der Waals surface area contributed by atoms with Gasteiger partial charge in [0.1, 0.15) is 23.8 Å². The fourth-order valence-electron chi connectivity index (χ4n) is 15.0. The van der Waals surface area contributed by atoms with Crippen LogP contribution in [-0.4, -0.2) is 110 Å². The van der Waals surface area contributed by atoms with Crippen molar-refractivity contribution in [3.8, 4) is 95.7 Å². The van der Waals surface area contributed by atoms with E-state index in [1.165, 1.54) is 140 Å². The number of esters is 1. The fraction of sp³-hybridized carbons (Fsp3) is 0.141. The zero-order valence-corrected chi connectivity index (χ0v) is 81.8. The van der Waals surface area contributed by atoms with E-state index in [1.54, 1.807) is 91.3 Å². The normalized spacial score (nSPS) is 13.1. The number of carbonyl (C=O) groups is 1. The first-order valence-corrected chi connectivity index (χ1v) is 52.4. The topological polar surface area (TPSA) is 510 Å². The van der Waals surface area contributed by atoms with E-state index < -0.39 is 89.9 Å². The van der Waals surface area contributed by atoms with E-state index >= 15 is 0 Å². The highest BCUT2D eigenvalue weighted by Crippen LogP contribution is 2.42. The molecule has 0 saturated heterocycles. The maximum Gasteiger partial charge on any atom is 0.435 e. The van der Waals surface area contributed by atoms with E-state index in [4.69, 9.17) is 60.8 Å². The van der Waals surface area contributed by atoms with Crippen LogP contribution in [-0.2, 0) is 75.8 Å². The summed E-state index contributed by atoms with van der Waals surface area (Å²) in [5.41, 5.74) is 13.3. The second kappa shape index (κ2) is 44.5. The summed E-state index contributed by atoms with van der Waals surface area (Å²) in [6, 6.07) is 73.1. The number of nitrogens with two attached hydrogens (primary N) is 6. The molecule has 31 nitrogen and oxygen atoms in total. The number of carbonyl (C=O) groups excluding carboxylic acids is 1. The van der Waals surface area contributed by atoms with Gasteiger partial charge in [-0.3, -0.25) is 9.97 Å². The molecule has 0 amide bonds. The molecule has 1 aliphatic carbocycles. The number of pyridine rings is 2. The highest BCUT2D eigenvalue weighted by Gasteiger charge is 2.36. The van der Waals surface area contributed by atoms with Crippen molar-refractivity contribution in [2.24, 2.45) is 30.8 Å². The van der Waals surface area contributed by atoms with Gasteiger partial charge in [0.15, 0.2) is 28.9 Å². The highest BCUT2D eigenvalue weighted by atomic mass is 35.5. The van der Waals surface area contributed by atoms with Crippen LogP contribution in [0.15, 0.2) is 330 Å².